The highest BCUT2D eigenvalue weighted by Crippen LogP contribution is 2.24. The summed E-state index contributed by atoms with van der Waals surface area (Å²) in [5, 5.41) is 6.67. The fraction of sp³-hybridized carbons (Fsp3) is 0.478. The highest BCUT2D eigenvalue weighted by atomic mass is 16.5. The van der Waals surface area contributed by atoms with Crippen molar-refractivity contribution in [1.82, 2.24) is 15.6 Å². The molecular weight excluding hydrogens is 378 g/mol. The number of hydrogen-bond donors (Lipinski definition) is 2. The Bertz CT molecular complexity index is 830. The average molecular weight is 412 g/mol. The molecular formula is C23H33N5O2. The van der Waals surface area contributed by atoms with E-state index in [0.29, 0.717) is 13.1 Å². The Morgan fingerprint density at radius 2 is 1.87 bits per heavy atom. The normalized spacial score (nSPS) is 15.1. The van der Waals surface area contributed by atoms with Gasteiger partial charge in [0.05, 0.1) is 14.2 Å². The number of rotatable bonds is 7. The van der Waals surface area contributed by atoms with Crippen LogP contribution in [0.2, 0.25) is 0 Å². The number of pyridine rings is 1. The maximum atomic E-state index is 5.46. The number of benzene rings is 1. The molecule has 30 heavy (non-hydrogen) atoms. The molecule has 1 saturated heterocycles. The van der Waals surface area contributed by atoms with Gasteiger partial charge < -0.3 is 25.0 Å². The zero-order valence-corrected chi connectivity index (χ0v) is 18.4. The molecule has 0 amide bonds. The molecule has 0 saturated carbocycles. The number of hydrogen-bond acceptors (Lipinski definition) is 5. The van der Waals surface area contributed by atoms with Crippen LogP contribution in [-0.4, -0.2) is 45.3 Å². The second kappa shape index (κ2) is 10.7. The van der Waals surface area contributed by atoms with Gasteiger partial charge in [-0.3, -0.25) is 4.99 Å². The van der Waals surface area contributed by atoms with E-state index in [2.05, 4.69) is 44.6 Å². The molecule has 1 aromatic carbocycles. The van der Waals surface area contributed by atoms with E-state index in [1.54, 1.807) is 21.3 Å². The fourth-order valence-electron chi connectivity index (χ4n) is 3.53. The summed E-state index contributed by atoms with van der Waals surface area (Å²) in [7, 11) is 5.07. The molecule has 0 unspecified atom stereocenters. The lowest BCUT2D eigenvalue weighted by Crippen LogP contribution is -2.36. The Morgan fingerprint density at radius 1 is 1.10 bits per heavy atom. The lowest BCUT2D eigenvalue weighted by atomic mass is 9.99. The van der Waals surface area contributed by atoms with Crippen LogP contribution in [0.15, 0.2) is 41.5 Å². The fourth-order valence-corrected chi connectivity index (χ4v) is 3.53. The molecule has 0 spiro atoms. The minimum atomic E-state index is 0.595. The molecule has 1 aromatic heterocycles. The molecule has 0 aliphatic carbocycles. The van der Waals surface area contributed by atoms with Gasteiger partial charge in [-0.1, -0.05) is 13.0 Å². The minimum absolute atomic E-state index is 0.595. The van der Waals surface area contributed by atoms with Crippen LogP contribution < -0.4 is 25.0 Å². The van der Waals surface area contributed by atoms with Crippen LogP contribution in [0.4, 0.5) is 5.82 Å². The number of piperidine rings is 1. The smallest absolute Gasteiger partial charge is 0.191 e. The summed E-state index contributed by atoms with van der Waals surface area (Å²) < 4.78 is 10.7. The van der Waals surface area contributed by atoms with Crippen molar-refractivity contribution < 1.29 is 9.47 Å². The van der Waals surface area contributed by atoms with Crippen molar-refractivity contribution in [2.75, 3.05) is 39.3 Å². The predicted molar refractivity (Wildman–Crippen MR) is 121 cm³/mol. The highest BCUT2D eigenvalue weighted by molar-refractivity contribution is 5.79. The van der Waals surface area contributed by atoms with Gasteiger partial charge in [0.2, 0.25) is 0 Å². The first kappa shape index (κ1) is 21.7. The largest absolute Gasteiger partial charge is 0.497 e. The van der Waals surface area contributed by atoms with Gasteiger partial charge in [0.25, 0.3) is 0 Å². The van der Waals surface area contributed by atoms with E-state index in [4.69, 9.17) is 9.47 Å². The van der Waals surface area contributed by atoms with Crippen LogP contribution in [0.1, 0.15) is 30.9 Å². The Morgan fingerprint density at radius 3 is 2.50 bits per heavy atom. The summed E-state index contributed by atoms with van der Waals surface area (Å²) in [6.45, 7) is 5.76. The van der Waals surface area contributed by atoms with Crippen LogP contribution in [0, 0.1) is 5.92 Å². The number of methoxy groups -OCH3 is 2. The first-order valence-corrected chi connectivity index (χ1v) is 10.5. The summed E-state index contributed by atoms with van der Waals surface area (Å²) in [5.74, 6) is 4.17. The minimum Gasteiger partial charge on any atom is -0.497 e. The van der Waals surface area contributed by atoms with Crippen molar-refractivity contribution in [1.29, 1.82) is 0 Å². The van der Waals surface area contributed by atoms with E-state index in [1.807, 2.05) is 24.4 Å². The third-order valence-electron chi connectivity index (χ3n) is 5.54. The van der Waals surface area contributed by atoms with Gasteiger partial charge in [-0.05, 0) is 42.5 Å². The van der Waals surface area contributed by atoms with E-state index in [-0.39, 0.29) is 0 Å². The maximum absolute atomic E-state index is 5.46. The van der Waals surface area contributed by atoms with E-state index in [0.717, 1.165) is 53.4 Å². The zero-order chi connectivity index (χ0) is 21.3. The third kappa shape index (κ3) is 5.78. The number of aliphatic imine (C=N–C) groups is 1. The Balaban J connectivity index is 1.51. The molecule has 7 heteroatoms. The average Bonchev–Trinajstić information content (AvgIpc) is 2.80. The molecule has 0 bridgehead atoms. The first-order chi connectivity index (χ1) is 14.6. The standard InChI is InChI=1S/C23H33N5O2/c1-17-9-11-28(12-10-17)22-8-5-18(14-25-22)15-26-23(24-2)27-16-19-6-7-20(29-3)13-21(19)30-4/h5-8,13-14,17H,9-12,15-16H2,1-4H3,(H2,24,26,27). The summed E-state index contributed by atoms with van der Waals surface area (Å²) in [4.78, 5) is 11.3. The lowest BCUT2D eigenvalue weighted by molar-refractivity contribution is 0.390. The zero-order valence-electron chi connectivity index (χ0n) is 18.4. The molecule has 2 aromatic rings. The van der Waals surface area contributed by atoms with Crippen molar-refractivity contribution in [2.45, 2.75) is 32.9 Å². The SMILES string of the molecule is CN=C(NCc1ccc(N2CCC(C)CC2)nc1)NCc1ccc(OC)cc1OC. The Kier molecular flexibility index (Phi) is 7.76. The maximum Gasteiger partial charge on any atom is 0.191 e. The van der Waals surface area contributed by atoms with Crippen LogP contribution in [0.3, 0.4) is 0 Å². The van der Waals surface area contributed by atoms with Crippen molar-refractivity contribution in [3.8, 4) is 11.5 Å². The van der Waals surface area contributed by atoms with E-state index in [1.165, 1.54) is 12.8 Å². The molecule has 7 nitrogen and oxygen atoms in total. The second-order valence-corrected chi connectivity index (χ2v) is 7.65. The number of ether oxygens (including phenoxy) is 2. The van der Waals surface area contributed by atoms with Crippen molar-refractivity contribution in [3.05, 3.63) is 47.7 Å². The van der Waals surface area contributed by atoms with Gasteiger partial charge in [0.15, 0.2) is 5.96 Å². The van der Waals surface area contributed by atoms with Gasteiger partial charge in [0, 0.05) is 51.1 Å². The number of nitrogens with one attached hydrogen (secondary N) is 2. The van der Waals surface area contributed by atoms with E-state index in [9.17, 15) is 0 Å². The van der Waals surface area contributed by atoms with Crippen LogP contribution in [0.25, 0.3) is 0 Å². The molecule has 0 atom stereocenters. The molecule has 1 fully saturated rings. The quantitative estimate of drug-likeness (QED) is 0.539. The Labute approximate surface area is 179 Å². The highest BCUT2D eigenvalue weighted by Gasteiger charge is 2.16. The van der Waals surface area contributed by atoms with Crippen LogP contribution in [0.5, 0.6) is 11.5 Å². The number of anilines is 1. The van der Waals surface area contributed by atoms with Gasteiger partial charge >= 0.3 is 0 Å². The molecule has 1 aliphatic heterocycles. The molecule has 1 aliphatic rings. The number of nitrogens with zero attached hydrogens (tertiary/aromatic N) is 3. The van der Waals surface area contributed by atoms with E-state index >= 15 is 0 Å². The van der Waals surface area contributed by atoms with Gasteiger partial charge in [-0.15, -0.1) is 0 Å². The predicted octanol–water partition coefficient (Wildman–Crippen LogP) is 3.20. The molecule has 2 heterocycles. The summed E-state index contributed by atoms with van der Waals surface area (Å²) in [6, 6.07) is 10.0. The molecule has 3 rings (SSSR count). The number of guanidine groups is 1. The monoisotopic (exact) mass is 411 g/mol. The lowest BCUT2D eigenvalue weighted by Gasteiger charge is -2.31. The van der Waals surface area contributed by atoms with Crippen molar-refractivity contribution >= 4 is 11.8 Å². The summed E-state index contributed by atoms with van der Waals surface area (Å²) in [6.07, 6.45) is 4.43. The van der Waals surface area contributed by atoms with E-state index < -0.39 is 0 Å². The van der Waals surface area contributed by atoms with Gasteiger partial charge in [0.1, 0.15) is 17.3 Å². The van der Waals surface area contributed by atoms with Crippen LogP contribution in [-0.2, 0) is 13.1 Å². The van der Waals surface area contributed by atoms with Gasteiger partial charge in [-0.2, -0.15) is 0 Å². The second-order valence-electron chi connectivity index (χ2n) is 7.65. The molecule has 0 radical (unpaired) electrons. The van der Waals surface area contributed by atoms with Crippen LogP contribution >= 0.6 is 0 Å². The molecule has 2 N–H and O–H groups in total. The third-order valence-corrected chi connectivity index (χ3v) is 5.54. The topological polar surface area (TPSA) is 71.0 Å². The van der Waals surface area contributed by atoms with Crippen molar-refractivity contribution in [2.24, 2.45) is 10.9 Å². The molecule has 162 valence electrons. The summed E-state index contributed by atoms with van der Waals surface area (Å²) >= 11 is 0. The van der Waals surface area contributed by atoms with Gasteiger partial charge in [-0.25, -0.2) is 4.98 Å². The summed E-state index contributed by atoms with van der Waals surface area (Å²) in [5.41, 5.74) is 2.15. The first-order valence-electron chi connectivity index (χ1n) is 10.5. The number of aromatic nitrogens is 1. The van der Waals surface area contributed by atoms with Crippen molar-refractivity contribution in [3.63, 3.8) is 0 Å². The Hall–Kier alpha value is -2.96.